The van der Waals surface area contributed by atoms with Gasteiger partial charge in [0.25, 0.3) is 0 Å². The Bertz CT molecular complexity index is 451. The quantitative estimate of drug-likeness (QED) is 0.835. The van der Waals surface area contributed by atoms with Crippen LogP contribution >= 0.6 is 0 Å². The topological polar surface area (TPSA) is 38.7 Å². The molecule has 0 saturated carbocycles. The smallest absolute Gasteiger partial charge is 0.163 e. The first kappa shape index (κ1) is 15.2. The van der Waals surface area contributed by atoms with Crippen molar-refractivity contribution in [2.75, 3.05) is 6.61 Å². The van der Waals surface area contributed by atoms with Crippen LogP contribution in [-0.4, -0.2) is 23.6 Å². The van der Waals surface area contributed by atoms with Crippen LogP contribution in [0.25, 0.3) is 0 Å². The Morgan fingerprint density at radius 3 is 2.70 bits per heavy atom. The molecule has 1 aliphatic rings. The maximum Gasteiger partial charge on any atom is 0.163 e. The fourth-order valence-corrected chi connectivity index (χ4v) is 2.39. The molecule has 1 N–H and O–H groups in total. The van der Waals surface area contributed by atoms with Crippen LogP contribution in [0.5, 0.6) is 0 Å². The molecular weight excluding hydrogens is 252 g/mol. The van der Waals surface area contributed by atoms with Gasteiger partial charge in [0.1, 0.15) is 0 Å². The van der Waals surface area contributed by atoms with Gasteiger partial charge in [0, 0.05) is 0 Å². The number of hydrogen-bond acceptors (Lipinski definition) is 3. The van der Waals surface area contributed by atoms with Gasteiger partial charge in [0.15, 0.2) is 5.79 Å². The lowest BCUT2D eigenvalue weighted by Gasteiger charge is -2.16. The third kappa shape index (κ3) is 4.44. The average Bonchev–Trinajstić information content (AvgIpc) is 2.77. The van der Waals surface area contributed by atoms with E-state index >= 15 is 0 Å². The Morgan fingerprint density at radius 2 is 2.10 bits per heavy atom. The van der Waals surface area contributed by atoms with Crippen molar-refractivity contribution in [3.63, 3.8) is 0 Å². The van der Waals surface area contributed by atoms with E-state index in [1.165, 1.54) is 5.57 Å². The van der Waals surface area contributed by atoms with Crippen molar-refractivity contribution >= 4 is 0 Å². The summed E-state index contributed by atoms with van der Waals surface area (Å²) in [5, 5.41) is 10.2. The first-order valence-corrected chi connectivity index (χ1v) is 7.17. The summed E-state index contributed by atoms with van der Waals surface area (Å²) in [5.74, 6) is -0.462. The van der Waals surface area contributed by atoms with Gasteiger partial charge in [-0.2, -0.15) is 0 Å². The van der Waals surface area contributed by atoms with Crippen LogP contribution in [0.2, 0.25) is 0 Å². The van der Waals surface area contributed by atoms with Crippen molar-refractivity contribution in [3.05, 3.63) is 47.5 Å². The second kappa shape index (κ2) is 6.53. The minimum atomic E-state index is -0.462. The zero-order chi connectivity index (χ0) is 14.6. The van der Waals surface area contributed by atoms with E-state index in [1.54, 1.807) is 0 Å². The number of aliphatic hydroxyl groups is 1. The van der Waals surface area contributed by atoms with Crippen molar-refractivity contribution in [3.8, 4) is 0 Å². The van der Waals surface area contributed by atoms with E-state index in [1.807, 2.05) is 51.1 Å². The minimum Gasteiger partial charge on any atom is -0.388 e. The molecule has 0 unspecified atom stereocenters. The zero-order valence-corrected chi connectivity index (χ0v) is 12.5. The summed E-state index contributed by atoms with van der Waals surface area (Å²) in [4.78, 5) is 0. The number of ether oxygens (including phenoxy) is 2. The predicted molar refractivity (Wildman–Crippen MR) is 79.3 cm³/mol. The molecule has 3 heteroatoms. The minimum absolute atomic E-state index is 0.119. The molecule has 1 aromatic carbocycles. The predicted octanol–water partition coefficient (Wildman–Crippen LogP) is 3.60. The van der Waals surface area contributed by atoms with E-state index in [4.69, 9.17) is 9.47 Å². The van der Waals surface area contributed by atoms with Crippen LogP contribution in [-0.2, 0) is 9.47 Å². The highest BCUT2D eigenvalue weighted by molar-refractivity contribution is 5.19. The van der Waals surface area contributed by atoms with E-state index in [-0.39, 0.29) is 6.10 Å². The molecule has 2 atom stereocenters. The van der Waals surface area contributed by atoms with Crippen molar-refractivity contribution in [2.24, 2.45) is 0 Å². The van der Waals surface area contributed by atoms with Gasteiger partial charge < -0.3 is 14.6 Å². The maximum absolute atomic E-state index is 10.2. The van der Waals surface area contributed by atoms with E-state index in [0.717, 1.165) is 12.0 Å². The summed E-state index contributed by atoms with van der Waals surface area (Å²) in [6.45, 7) is 6.55. The number of benzene rings is 1. The molecule has 1 heterocycles. The third-order valence-electron chi connectivity index (χ3n) is 3.50. The summed E-state index contributed by atoms with van der Waals surface area (Å²) in [5.41, 5.74) is 2.14. The van der Waals surface area contributed by atoms with Crippen LogP contribution in [0.3, 0.4) is 0 Å². The maximum atomic E-state index is 10.2. The Hall–Kier alpha value is -1.16. The van der Waals surface area contributed by atoms with Crippen LogP contribution in [0.15, 0.2) is 42.0 Å². The van der Waals surface area contributed by atoms with Crippen LogP contribution in [0.4, 0.5) is 0 Å². The Kier molecular flexibility index (Phi) is 4.97. The van der Waals surface area contributed by atoms with E-state index in [9.17, 15) is 5.11 Å². The molecule has 0 radical (unpaired) electrons. The Balaban J connectivity index is 1.83. The highest BCUT2D eigenvalue weighted by atomic mass is 16.7. The van der Waals surface area contributed by atoms with Gasteiger partial charge in [-0.1, -0.05) is 42.0 Å². The molecule has 3 nitrogen and oxygen atoms in total. The van der Waals surface area contributed by atoms with Crippen LogP contribution in [0, 0.1) is 0 Å². The lowest BCUT2D eigenvalue weighted by atomic mass is 10.0. The molecule has 20 heavy (non-hydrogen) atoms. The summed E-state index contributed by atoms with van der Waals surface area (Å²) >= 11 is 0. The molecule has 0 bridgehead atoms. The fourth-order valence-electron chi connectivity index (χ4n) is 2.39. The largest absolute Gasteiger partial charge is 0.388 e. The van der Waals surface area contributed by atoms with Crippen molar-refractivity contribution in [2.45, 2.75) is 51.6 Å². The monoisotopic (exact) mass is 276 g/mol. The molecule has 0 aliphatic carbocycles. The van der Waals surface area contributed by atoms with Gasteiger partial charge in [0.2, 0.25) is 0 Å². The molecule has 0 spiro atoms. The van der Waals surface area contributed by atoms with Crippen molar-refractivity contribution < 1.29 is 14.6 Å². The highest BCUT2D eigenvalue weighted by Gasteiger charge is 2.31. The number of rotatable bonds is 5. The lowest BCUT2D eigenvalue weighted by molar-refractivity contribution is -0.137. The second-order valence-corrected chi connectivity index (χ2v) is 5.87. The first-order valence-electron chi connectivity index (χ1n) is 7.17. The molecule has 1 aliphatic heterocycles. The molecule has 2 rings (SSSR count). The van der Waals surface area contributed by atoms with Crippen LogP contribution < -0.4 is 0 Å². The summed E-state index contributed by atoms with van der Waals surface area (Å²) in [7, 11) is 0. The standard InChI is InChI=1S/C17H24O3/c1-13(9-10-15-12-19-17(2,3)20-15)11-16(18)14-7-5-4-6-8-14/h4-9,15-16,18H,10-12H2,1-3H3/b13-9-/t15-,16+/m0/s1. The van der Waals surface area contributed by atoms with Crippen LogP contribution in [0.1, 0.15) is 45.3 Å². The van der Waals surface area contributed by atoms with E-state index in [2.05, 4.69) is 6.08 Å². The van der Waals surface area contributed by atoms with E-state index in [0.29, 0.717) is 13.0 Å². The number of aliphatic hydroxyl groups excluding tert-OH is 1. The molecular formula is C17H24O3. The zero-order valence-electron chi connectivity index (χ0n) is 12.5. The Labute approximate surface area is 121 Å². The normalized spacial score (nSPS) is 23.8. The van der Waals surface area contributed by atoms with Gasteiger partial charge >= 0.3 is 0 Å². The third-order valence-corrected chi connectivity index (χ3v) is 3.50. The average molecular weight is 276 g/mol. The van der Waals surface area contributed by atoms with Gasteiger partial charge in [-0.25, -0.2) is 0 Å². The molecule has 1 aromatic rings. The number of hydrogen-bond donors (Lipinski definition) is 1. The van der Waals surface area contributed by atoms with Gasteiger partial charge in [-0.05, 0) is 39.2 Å². The lowest BCUT2D eigenvalue weighted by Crippen LogP contribution is -2.21. The van der Waals surface area contributed by atoms with Gasteiger partial charge in [0.05, 0.1) is 18.8 Å². The van der Waals surface area contributed by atoms with Crippen molar-refractivity contribution in [1.29, 1.82) is 0 Å². The molecule has 0 amide bonds. The van der Waals surface area contributed by atoms with Gasteiger partial charge in [-0.15, -0.1) is 0 Å². The summed E-state index contributed by atoms with van der Waals surface area (Å²) in [6, 6.07) is 9.76. The first-order chi connectivity index (χ1) is 9.46. The SMILES string of the molecule is C/C(=C/C[C@H]1COC(C)(C)O1)C[C@@H](O)c1ccccc1. The second-order valence-electron chi connectivity index (χ2n) is 5.87. The summed E-state index contributed by atoms with van der Waals surface area (Å²) in [6.07, 6.45) is 3.30. The summed E-state index contributed by atoms with van der Waals surface area (Å²) < 4.78 is 11.3. The molecule has 1 saturated heterocycles. The van der Waals surface area contributed by atoms with Crippen molar-refractivity contribution in [1.82, 2.24) is 0 Å². The molecule has 110 valence electrons. The van der Waals surface area contributed by atoms with Gasteiger partial charge in [-0.3, -0.25) is 0 Å². The molecule has 1 fully saturated rings. The fraction of sp³-hybridized carbons (Fsp3) is 0.529. The van der Waals surface area contributed by atoms with E-state index < -0.39 is 11.9 Å². The Morgan fingerprint density at radius 1 is 1.40 bits per heavy atom. The molecule has 0 aromatic heterocycles. The highest BCUT2D eigenvalue weighted by Crippen LogP contribution is 2.26.